The zero-order valence-corrected chi connectivity index (χ0v) is 13.5. The van der Waals surface area contributed by atoms with E-state index in [0.717, 1.165) is 24.3 Å². The highest BCUT2D eigenvalue weighted by molar-refractivity contribution is 5.90. The summed E-state index contributed by atoms with van der Waals surface area (Å²) in [5, 5.41) is 0. The molecule has 6 nitrogen and oxygen atoms in total. The monoisotopic (exact) mass is 318 g/mol. The van der Waals surface area contributed by atoms with Crippen LogP contribution in [0.25, 0.3) is 0 Å². The molecule has 2 aliphatic rings. The second-order valence-electron chi connectivity index (χ2n) is 5.97. The van der Waals surface area contributed by atoms with Gasteiger partial charge in [-0.25, -0.2) is 4.79 Å². The first-order valence-electron chi connectivity index (χ1n) is 7.90. The molecule has 3 atom stereocenters. The highest BCUT2D eigenvalue weighted by Crippen LogP contribution is 2.29. The number of likely N-dealkylation sites (tertiary alicyclic amines) is 1. The fourth-order valence-corrected chi connectivity index (χ4v) is 3.24. The first-order valence-corrected chi connectivity index (χ1v) is 7.90. The fraction of sp³-hybridized carbons (Fsp3) is 0.529. The van der Waals surface area contributed by atoms with Crippen molar-refractivity contribution in [2.24, 2.45) is 0 Å². The van der Waals surface area contributed by atoms with Gasteiger partial charge in [-0.15, -0.1) is 0 Å². The summed E-state index contributed by atoms with van der Waals surface area (Å²) in [7, 11) is 3.02. The van der Waals surface area contributed by atoms with Crippen molar-refractivity contribution in [3.8, 4) is 5.75 Å². The second-order valence-corrected chi connectivity index (χ2v) is 5.97. The zero-order valence-electron chi connectivity index (χ0n) is 13.5. The first-order chi connectivity index (χ1) is 11.2. The normalized spacial score (nSPS) is 26.0. The number of methoxy groups -OCH3 is 2. The number of hydrogen-bond acceptors (Lipinski definition) is 5. The number of ether oxygens (including phenoxy) is 2. The van der Waals surface area contributed by atoms with Gasteiger partial charge in [0.15, 0.2) is 0 Å². The van der Waals surface area contributed by atoms with Gasteiger partial charge in [-0.2, -0.15) is 0 Å². The summed E-state index contributed by atoms with van der Waals surface area (Å²) in [4.78, 5) is 28.2. The van der Waals surface area contributed by atoms with Crippen molar-refractivity contribution < 1.29 is 19.1 Å². The van der Waals surface area contributed by atoms with Gasteiger partial charge >= 0.3 is 5.97 Å². The van der Waals surface area contributed by atoms with Gasteiger partial charge in [0.25, 0.3) is 0 Å². The van der Waals surface area contributed by atoms with Crippen LogP contribution in [0.15, 0.2) is 24.3 Å². The van der Waals surface area contributed by atoms with Crippen molar-refractivity contribution >= 4 is 11.9 Å². The third-order valence-electron chi connectivity index (χ3n) is 4.57. The third-order valence-corrected chi connectivity index (χ3v) is 4.57. The fourth-order valence-electron chi connectivity index (χ4n) is 3.24. The van der Waals surface area contributed by atoms with E-state index in [9.17, 15) is 9.59 Å². The lowest BCUT2D eigenvalue weighted by molar-refractivity contribution is -0.151. The molecule has 2 saturated heterocycles. The van der Waals surface area contributed by atoms with Gasteiger partial charge in [0.05, 0.1) is 14.2 Å². The SMILES string of the molecule is COC(=O)[C@H]1CCCN1C(=O)C1CN1Cc1ccccc1OC. The molecule has 0 spiro atoms. The van der Waals surface area contributed by atoms with Crippen LogP contribution in [0.1, 0.15) is 18.4 Å². The number of hydrogen-bond donors (Lipinski definition) is 0. The van der Waals surface area contributed by atoms with Crippen molar-refractivity contribution in [1.82, 2.24) is 9.80 Å². The first kappa shape index (κ1) is 15.8. The van der Waals surface area contributed by atoms with Crippen LogP contribution >= 0.6 is 0 Å². The van der Waals surface area contributed by atoms with Gasteiger partial charge in [0.2, 0.25) is 5.91 Å². The molecule has 2 unspecified atom stereocenters. The Hall–Kier alpha value is -2.08. The molecule has 0 aliphatic carbocycles. The zero-order chi connectivity index (χ0) is 16.4. The molecular weight excluding hydrogens is 296 g/mol. The molecule has 1 amide bonds. The van der Waals surface area contributed by atoms with Crippen LogP contribution in [0.2, 0.25) is 0 Å². The van der Waals surface area contributed by atoms with E-state index < -0.39 is 6.04 Å². The molecule has 2 heterocycles. The minimum atomic E-state index is -0.416. The number of carbonyl (C=O) groups excluding carboxylic acids is 2. The molecule has 124 valence electrons. The Morgan fingerprint density at radius 1 is 1.22 bits per heavy atom. The molecule has 23 heavy (non-hydrogen) atoms. The van der Waals surface area contributed by atoms with Crippen molar-refractivity contribution in [3.63, 3.8) is 0 Å². The average Bonchev–Trinajstić information content (AvgIpc) is 3.17. The minimum absolute atomic E-state index is 0.0350. The third kappa shape index (κ3) is 3.17. The Morgan fingerprint density at radius 3 is 2.74 bits per heavy atom. The quantitative estimate of drug-likeness (QED) is 0.600. The van der Waals surface area contributed by atoms with E-state index in [1.807, 2.05) is 24.3 Å². The standard InChI is InChI=1S/C17H22N2O4/c1-22-15-8-4-3-6-12(15)10-18-11-14(18)16(20)19-9-5-7-13(19)17(21)23-2/h3-4,6,8,13-14H,5,7,9-11H2,1-2H3/t13-,14?,18?/m1/s1. The summed E-state index contributed by atoms with van der Waals surface area (Å²) in [6, 6.07) is 7.27. The van der Waals surface area contributed by atoms with Gasteiger partial charge in [0.1, 0.15) is 17.8 Å². The summed E-state index contributed by atoms with van der Waals surface area (Å²) in [5.74, 6) is 0.555. The Balaban J connectivity index is 1.62. The second kappa shape index (κ2) is 6.58. The van der Waals surface area contributed by atoms with E-state index in [-0.39, 0.29) is 17.9 Å². The Kier molecular flexibility index (Phi) is 4.52. The maximum Gasteiger partial charge on any atom is 0.328 e. The molecule has 3 rings (SSSR count). The number of para-hydroxylation sites is 1. The van der Waals surface area contributed by atoms with E-state index in [4.69, 9.17) is 9.47 Å². The van der Waals surface area contributed by atoms with E-state index in [2.05, 4.69) is 4.90 Å². The summed E-state index contributed by atoms with van der Waals surface area (Å²) in [5.41, 5.74) is 1.07. The van der Waals surface area contributed by atoms with Crippen LogP contribution < -0.4 is 4.74 Å². The molecule has 2 aliphatic heterocycles. The van der Waals surface area contributed by atoms with Crippen molar-refractivity contribution in [1.29, 1.82) is 0 Å². The number of rotatable bonds is 5. The molecule has 0 bridgehead atoms. The van der Waals surface area contributed by atoms with E-state index >= 15 is 0 Å². The minimum Gasteiger partial charge on any atom is -0.496 e. The molecule has 6 heteroatoms. The van der Waals surface area contributed by atoms with Crippen molar-refractivity contribution in [2.75, 3.05) is 27.3 Å². The molecule has 0 radical (unpaired) electrons. The van der Waals surface area contributed by atoms with E-state index in [1.165, 1.54) is 7.11 Å². The van der Waals surface area contributed by atoms with E-state index in [1.54, 1.807) is 12.0 Å². The molecule has 0 aromatic heterocycles. The molecule has 0 N–H and O–H groups in total. The van der Waals surface area contributed by atoms with Crippen molar-refractivity contribution in [3.05, 3.63) is 29.8 Å². The molecular formula is C17H22N2O4. The van der Waals surface area contributed by atoms with Gasteiger partial charge < -0.3 is 14.4 Å². The topological polar surface area (TPSA) is 58.8 Å². The number of esters is 1. The predicted octanol–water partition coefficient (Wildman–Crippen LogP) is 1.04. The highest BCUT2D eigenvalue weighted by atomic mass is 16.5. The van der Waals surface area contributed by atoms with Gasteiger partial charge in [0, 0.05) is 25.2 Å². The number of amides is 1. The Bertz CT molecular complexity index is 604. The lowest BCUT2D eigenvalue weighted by Crippen LogP contribution is -2.43. The summed E-state index contributed by atoms with van der Waals surface area (Å²) < 4.78 is 10.2. The van der Waals surface area contributed by atoms with E-state index in [0.29, 0.717) is 19.5 Å². The summed E-state index contributed by atoms with van der Waals surface area (Å²) in [6.45, 7) is 2.04. The smallest absolute Gasteiger partial charge is 0.328 e. The van der Waals surface area contributed by atoms with Crippen LogP contribution in [-0.2, 0) is 20.9 Å². The maximum absolute atomic E-state index is 12.6. The van der Waals surface area contributed by atoms with Crippen LogP contribution in [0.3, 0.4) is 0 Å². The molecule has 0 saturated carbocycles. The predicted molar refractivity (Wildman–Crippen MR) is 83.9 cm³/mol. The Morgan fingerprint density at radius 2 is 2.00 bits per heavy atom. The summed E-state index contributed by atoms with van der Waals surface area (Å²) >= 11 is 0. The van der Waals surface area contributed by atoms with Gasteiger partial charge in [-0.05, 0) is 18.9 Å². The number of nitrogens with zero attached hydrogens (tertiary/aromatic N) is 2. The Labute approximate surface area is 136 Å². The molecule has 1 aromatic carbocycles. The average molecular weight is 318 g/mol. The largest absolute Gasteiger partial charge is 0.496 e. The lowest BCUT2D eigenvalue weighted by Gasteiger charge is -2.22. The van der Waals surface area contributed by atoms with Crippen LogP contribution in [0.4, 0.5) is 0 Å². The molecule has 1 aromatic rings. The van der Waals surface area contributed by atoms with Gasteiger partial charge in [-0.3, -0.25) is 9.69 Å². The van der Waals surface area contributed by atoms with Crippen LogP contribution in [-0.4, -0.2) is 61.1 Å². The maximum atomic E-state index is 12.6. The van der Waals surface area contributed by atoms with Crippen molar-refractivity contribution in [2.45, 2.75) is 31.5 Å². The summed E-state index contributed by atoms with van der Waals surface area (Å²) in [6.07, 6.45) is 1.54. The highest BCUT2D eigenvalue weighted by Gasteiger charge is 2.46. The number of carbonyl (C=O) groups is 2. The van der Waals surface area contributed by atoms with Crippen LogP contribution in [0, 0.1) is 0 Å². The lowest BCUT2D eigenvalue weighted by atomic mass is 10.2. The number of benzene rings is 1. The molecule has 2 fully saturated rings. The van der Waals surface area contributed by atoms with Gasteiger partial charge in [-0.1, -0.05) is 18.2 Å². The van der Waals surface area contributed by atoms with Crippen LogP contribution in [0.5, 0.6) is 5.75 Å².